The lowest BCUT2D eigenvalue weighted by atomic mass is 10.1. The summed E-state index contributed by atoms with van der Waals surface area (Å²) >= 11 is 5.96. The second-order valence-electron chi connectivity index (χ2n) is 6.51. The summed E-state index contributed by atoms with van der Waals surface area (Å²) < 4.78 is 34.6. The maximum atomic E-state index is 13.5. The average Bonchev–Trinajstić information content (AvgIpc) is 3.08. The van der Waals surface area contributed by atoms with E-state index in [0.29, 0.717) is 34.5 Å². The van der Waals surface area contributed by atoms with Crippen LogP contribution in [0.3, 0.4) is 0 Å². The fourth-order valence-corrected chi connectivity index (χ4v) is 5.39. The van der Waals surface area contributed by atoms with Crippen LogP contribution in [0.1, 0.15) is 0 Å². The highest BCUT2D eigenvalue weighted by Gasteiger charge is 2.31. The third kappa shape index (κ3) is 2.44. The van der Waals surface area contributed by atoms with Crippen LogP contribution in [-0.2, 0) is 16.4 Å². The summed E-state index contributed by atoms with van der Waals surface area (Å²) in [5, 5.41) is 6.63. The van der Waals surface area contributed by atoms with Crippen LogP contribution in [0.4, 0.5) is 0 Å². The molecule has 5 nitrogen and oxygen atoms in total. The first kappa shape index (κ1) is 16.6. The van der Waals surface area contributed by atoms with Crippen molar-refractivity contribution in [3.8, 4) is 5.75 Å². The molecule has 1 aromatic heterocycles. The Morgan fingerprint density at radius 2 is 1.78 bits per heavy atom. The Morgan fingerprint density at radius 1 is 1.04 bits per heavy atom. The van der Waals surface area contributed by atoms with Gasteiger partial charge in [0.25, 0.3) is 0 Å². The van der Waals surface area contributed by atoms with E-state index in [1.54, 1.807) is 28.9 Å². The van der Waals surface area contributed by atoms with Crippen LogP contribution in [0.5, 0.6) is 5.75 Å². The van der Waals surface area contributed by atoms with Crippen LogP contribution in [0.2, 0.25) is 0 Å². The molecule has 0 spiro atoms. The molecule has 0 radical (unpaired) electrons. The minimum atomic E-state index is -3.82. The normalized spacial score (nSPS) is 16.6. The van der Waals surface area contributed by atoms with Gasteiger partial charge in [0.1, 0.15) is 17.4 Å². The quantitative estimate of drug-likeness (QED) is 0.489. The molecule has 0 bridgehead atoms. The number of nitrogens with zero attached hydrogens (tertiary/aromatic N) is 2. The van der Waals surface area contributed by atoms with Gasteiger partial charge in [-0.25, -0.2) is 8.42 Å². The Kier molecular flexibility index (Phi) is 3.67. The maximum absolute atomic E-state index is 13.5. The van der Waals surface area contributed by atoms with Gasteiger partial charge in [-0.3, -0.25) is 4.68 Å². The number of rotatable bonds is 3. The van der Waals surface area contributed by atoms with Crippen molar-refractivity contribution in [2.45, 2.75) is 22.6 Å². The predicted octanol–water partition coefficient (Wildman–Crippen LogP) is 4.02. The average molecular weight is 399 g/mol. The Morgan fingerprint density at radius 3 is 2.63 bits per heavy atom. The third-order valence-electron chi connectivity index (χ3n) is 4.84. The standard InChI is InChI=1S/C20H15ClN2O3S/c21-11-14-12-23-19-16(8-4-9-17(19)26-14)20(22-23)27(24,25)18-10-3-6-13-5-1-2-7-15(13)18/h1-10,14H,11-12H2. The number of para-hydroxylation sites is 1. The number of hydrogen-bond donors (Lipinski definition) is 0. The van der Waals surface area contributed by atoms with Gasteiger partial charge in [0, 0.05) is 10.8 Å². The molecule has 0 N–H and O–H groups in total. The highest BCUT2D eigenvalue weighted by atomic mass is 35.5. The summed E-state index contributed by atoms with van der Waals surface area (Å²) in [6, 6.07) is 18.1. The molecule has 3 aromatic carbocycles. The molecule has 136 valence electrons. The lowest BCUT2D eigenvalue weighted by Gasteiger charge is -2.23. The van der Waals surface area contributed by atoms with Crippen molar-refractivity contribution >= 4 is 43.1 Å². The zero-order valence-electron chi connectivity index (χ0n) is 14.2. The van der Waals surface area contributed by atoms with Gasteiger partial charge in [0.2, 0.25) is 9.84 Å². The highest BCUT2D eigenvalue weighted by Crippen LogP contribution is 2.37. The van der Waals surface area contributed by atoms with Crippen molar-refractivity contribution in [2.75, 3.05) is 5.88 Å². The van der Waals surface area contributed by atoms with Crippen molar-refractivity contribution in [2.24, 2.45) is 0 Å². The number of halogens is 1. The van der Waals surface area contributed by atoms with Crippen LogP contribution in [-0.4, -0.2) is 30.2 Å². The van der Waals surface area contributed by atoms with Gasteiger partial charge < -0.3 is 4.74 Å². The molecular formula is C20H15ClN2O3S. The minimum absolute atomic E-state index is 0.0505. The van der Waals surface area contributed by atoms with Gasteiger partial charge in [0.15, 0.2) is 5.03 Å². The largest absolute Gasteiger partial charge is 0.485 e. The molecule has 0 amide bonds. The molecule has 0 saturated heterocycles. The van der Waals surface area contributed by atoms with E-state index < -0.39 is 9.84 Å². The molecular weight excluding hydrogens is 384 g/mol. The van der Waals surface area contributed by atoms with Crippen molar-refractivity contribution in [1.82, 2.24) is 9.78 Å². The molecule has 27 heavy (non-hydrogen) atoms. The van der Waals surface area contributed by atoms with Gasteiger partial charge in [-0.1, -0.05) is 42.5 Å². The zero-order valence-corrected chi connectivity index (χ0v) is 15.7. The third-order valence-corrected chi connectivity index (χ3v) is 6.92. The van der Waals surface area contributed by atoms with Gasteiger partial charge in [-0.05, 0) is 23.6 Å². The zero-order chi connectivity index (χ0) is 18.6. The number of fused-ring (bicyclic) bond motifs is 1. The Balaban J connectivity index is 1.78. The fraction of sp³-hybridized carbons (Fsp3) is 0.150. The van der Waals surface area contributed by atoms with Crippen molar-refractivity contribution < 1.29 is 13.2 Å². The van der Waals surface area contributed by atoms with Gasteiger partial charge >= 0.3 is 0 Å². The van der Waals surface area contributed by atoms with Gasteiger partial charge in [-0.15, -0.1) is 11.6 Å². The molecule has 0 saturated carbocycles. The van der Waals surface area contributed by atoms with Gasteiger partial charge in [0.05, 0.1) is 17.3 Å². The molecule has 0 fully saturated rings. The number of alkyl halides is 1. The number of hydrogen-bond acceptors (Lipinski definition) is 4. The van der Waals surface area contributed by atoms with Crippen LogP contribution >= 0.6 is 11.6 Å². The number of ether oxygens (including phenoxy) is 1. The molecule has 5 rings (SSSR count). The molecule has 7 heteroatoms. The van der Waals surface area contributed by atoms with E-state index in [-0.39, 0.29) is 16.0 Å². The lowest BCUT2D eigenvalue weighted by molar-refractivity contribution is 0.186. The first-order valence-corrected chi connectivity index (χ1v) is 10.6. The summed E-state index contributed by atoms with van der Waals surface area (Å²) in [4.78, 5) is 0.256. The summed E-state index contributed by atoms with van der Waals surface area (Å²) in [6.45, 7) is 0.419. The van der Waals surface area contributed by atoms with E-state index in [1.165, 1.54) is 0 Å². The van der Waals surface area contributed by atoms with Crippen molar-refractivity contribution in [3.63, 3.8) is 0 Å². The molecule has 1 aliphatic heterocycles. The number of benzene rings is 3. The molecule has 1 atom stereocenters. The van der Waals surface area contributed by atoms with E-state index in [2.05, 4.69) is 5.10 Å². The number of sulfone groups is 1. The van der Waals surface area contributed by atoms with Crippen molar-refractivity contribution in [3.05, 3.63) is 60.7 Å². The van der Waals surface area contributed by atoms with Crippen LogP contribution in [0, 0.1) is 0 Å². The van der Waals surface area contributed by atoms with Crippen LogP contribution in [0.15, 0.2) is 70.6 Å². The first-order valence-electron chi connectivity index (χ1n) is 8.54. The molecule has 1 aliphatic rings. The van der Waals surface area contributed by atoms with Crippen molar-refractivity contribution in [1.29, 1.82) is 0 Å². The van der Waals surface area contributed by atoms with Gasteiger partial charge in [-0.2, -0.15) is 5.10 Å². The Bertz CT molecular complexity index is 1290. The SMILES string of the molecule is O=S(=O)(c1cccc2ccccc12)c1nn2c3c(cccc13)OC(CCl)C2. The topological polar surface area (TPSA) is 61.2 Å². The highest BCUT2D eigenvalue weighted by molar-refractivity contribution is 7.91. The second-order valence-corrected chi connectivity index (χ2v) is 8.66. The Hall–Kier alpha value is -2.57. The van der Waals surface area contributed by atoms with Crippen LogP contribution in [0.25, 0.3) is 21.7 Å². The second kappa shape index (κ2) is 5.97. The summed E-state index contributed by atoms with van der Waals surface area (Å²) in [6.07, 6.45) is -0.238. The molecule has 1 unspecified atom stereocenters. The van der Waals surface area contributed by atoms with E-state index >= 15 is 0 Å². The Labute approximate surface area is 161 Å². The minimum Gasteiger partial charge on any atom is -0.485 e. The molecule has 0 aliphatic carbocycles. The summed E-state index contributed by atoms with van der Waals surface area (Å²) in [7, 11) is -3.82. The van der Waals surface area contributed by atoms with E-state index in [1.807, 2.05) is 36.4 Å². The molecule has 2 heterocycles. The first-order chi connectivity index (χ1) is 13.1. The van der Waals surface area contributed by atoms with E-state index in [4.69, 9.17) is 16.3 Å². The smallest absolute Gasteiger partial charge is 0.226 e. The maximum Gasteiger partial charge on any atom is 0.226 e. The summed E-state index contributed by atoms with van der Waals surface area (Å²) in [5.41, 5.74) is 0.692. The molecule has 4 aromatic rings. The predicted molar refractivity (Wildman–Crippen MR) is 104 cm³/mol. The monoisotopic (exact) mass is 398 g/mol. The van der Waals surface area contributed by atoms with Crippen LogP contribution < -0.4 is 4.74 Å². The number of aromatic nitrogens is 2. The fourth-order valence-electron chi connectivity index (χ4n) is 3.62. The van der Waals surface area contributed by atoms with E-state index in [9.17, 15) is 8.42 Å². The summed E-state index contributed by atoms with van der Waals surface area (Å²) in [5.74, 6) is 0.914. The lowest BCUT2D eigenvalue weighted by Crippen LogP contribution is -2.29. The van der Waals surface area contributed by atoms with E-state index in [0.717, 1.165) is 5.39 Å².